The van der Waals surface area contributed by atoms with Gasteiger partial charge in [-0.2, -0.15) is 0 Å². The predicted molar refractivity (Wildman–Crippen MR) is 82.0 cm³/mol. The molecule has 2 N–H and O–H groups in total. The summed E-state index contributed by atoms with van der Waals surface area (Å²) in [6.45, 7) is 0. The van der Waals surface area contributed by atoms with Gasteiger partial charge in [-0.15, -0.1) is 0 Å². The SMILES string of the molecule is O=c1[nH]c(=S)[nH]c2c1C=CC1(C=CC3=CCCC=C31)C2. The monoisotopic (exact) mass is 282 g/mol. The van der Waals surface area contributed by atoms with Crippen molar-refractivity contribution in [2.24, 2.45) is 5.41 Å². The van der Waals surface area contributed by atoms with Crippen LogP contribution in [0.25, 0.3) is 6.08 Å². The first-order chi connectivity index (χ1) is 9.68. The molecule has 1 heterocycles. The molecule has 0 saturated heterocycles. The lowest BCUT2D eigenvalue weighted by Gasteiger charge is -2.31. The first kappa shape index (κ1) is 11.9. The molecule has 0 aliphatic heterocycles. The van der Waals surface area contributed by atoms with Gasteiger partial charge in [0.25, 0.3) is 5.56 Å². The summed E-state index contributed by atoms with van der Waals surface area (Å²) in [4.78, 5) is 17.7. The van der Waals surface area contributed by atoms with Crippen LogP contribution < -0.4 is 5.56 Å². The van der Waals surface area contributed by atoms with Gasteiger partial charge in [-0.1, -0.05) is 36.5 Å². The van der Waals surface area contributed by atoms with E-state index in [9.17, 15) is 4.79 Å². The lowest BCUT2D eigenvalue weighted by Crippen LogP contribution is -2.27. The smallest absolute Gasteiger partial charge is 0.259 e. The van der Waals surface area contributed by atoms with E-state index in [1.165, 1.54) is 11.1 Å². The molecule has 1 atom stereocenters. The molecule has 1 spiro atoms. The van der Waals surface area contributed by atoms with Crippen LogP contribution in [0.5, 0.6) is 0 Å². The molecule has 4 rings (SSSR count). The molecular weight excluding hydrogens is 268 g/mol. The molecule has 1 unspecified atom stereocenters. The zero-order chi connectivity index (χ0) is 13.7. The van der Waals surface area contributed by atoms with Crippen LogP contribution >= 0.6 is 12.2 Å². The normalized spacial score (nSPS) is 26.2. The molecule has 1 aromatic heterocycles. The van der Waals surface area contributed by atoms with Crippen molar-refractivity contribution in [3.63, 3.8) is 0 Å². The number of H-pyrrole nitrogens is 2. The first-order valence-electron chi connectivity index (χ1n) is 6.83. The largest absolute Gasteiger partial charge is 0.335 e. The maximum Gasteiger partial charge on any atom is 0.259 e. The number of aromatic amines is 2. The molecule has 0 amide bonds. The van der Waals surface area contributed by atoms with Crippen LogP contribution in [0.1, 0.15) is 24.1 Å². The Morgan fingerprint density at radius 2 is 1.90 bits per heavy atom. The quantitative estimate of drug-likeness (QED) is 0.718. The van der Waals surface area contributed by atoms with Crippen LogP contribution in [-0.2, 0) is 6.42 Å². The number of nitrogens with one attached hydrogen (secondary N) is 2. The van der Waals surface area contributed by atoms with Gasteiger partial charge in [0.05, 0.1) is 5.56 Å². The van der Waals surface area contributed by atoms with Crippen molar-refractivity contribution in [1.82, 2.24) is 9.97 Å². The van der Waals surface area contributed by atoms with Gasteiger partial charge in [0.2, 0.25) is 0 Å². The van der Waals surface area contributed by atoms with Gasteiger partial charge in [0, 0.05) is 17.5 Å². The molecule has 0 saturated carbocycles. The number of fused-ring (bicyclic) bond motifs is 3. The zero-order valence-electron chi connectivity index (χ0n) is 10.9. The molecule has 1 aromatic rings. The van der Waals surface area contributed by atoms with E-state index in [4.69, 9.17) is 12.2 Å². The summed E-state index contributed by atoms with van der Waals surface area (Å²) in [5.74, 6) is 0. The third-order valence-electron chi connectivity index (χ3n) is 4.33. The second-order valence-electron chi connectivity index (χ2n) is 5.54. The van der Waals surface area contributed by atoms with Crippen LogP contribution in [-0.4, -0.2) is 9.97 Å². The summed E-state index contributed by atoms with van der Waals surface area (Å²) < 4.78 is 0.398. The first-order valence-corrected chi connectivity index (χ1v) is 7.24. The molecular formula is C16H14N2OS. The van der Waals surface area contributed by atoms with E-state index in [1.807, 2.05) is 6.08 Å². The Labute approximate surface area is 121 Å². The average Bonchev–Trinajstić information content (AvgIpc) is 2.77. The second kappa shape index (κ2) is 4.03. The Hall–Kier alpha value is -1.94. The van der Waals surface area contributed by atoms with Crippen LogP contribution in [0.3, 0.4) is 0 Å². The fraction of sp³-hybridized carbons (Fsp3) is 0.250. The van der Waals surface area contributed by atoms with Gasteiger partial charge in [-0.3, -0.25) is 9.78 Å². The van der Waals surface area contributed by atoms with Gasteiger partial charge >= 0.3 is 0 Å². The minimum absolute atomic E-state index is 0.106. The maximum absolute atomic E-state index is 11.9. The summed E-state index contributed by atoms with van der Waals surface area (Å²) in [7, 11) is 0. The van der Waals surface area contributed by atoms with Gasteiger partial charge in [-0.25, -0.2) is 0 Å². The van der Waals surface area contributed by atoms with Crippen molar-refractivity contribution >= 4 is 18.3 Å². The van der Waals surface area contributed by atoms with Gasteiger partial charge < -0.3 is 4.98 Å². The van der Waals surface area contributed by atoms with E-state index >= 15 is 0 Å². The molecule has 3 aliphatic carbocycles. The molecule has 0 bridgehead atoms. The highest BCUT2D eigenvalue weighted by atomic mass is 32.1. The van der Waals surface area contributed by atoms with Crippen LogP contribution in [0.15, 0.2) is 46.3 Å². The van der Waals surface area contributed by atoms with E-state index in [-0.39, 0.29) is 11.0 Å². The molecule has 0 radical (unpaired) electrons. The lowest BCUT2D eigenvalue weighted by molar-refractivity contribution is 0.581. The minimum Gasteiger partial charge on any atom is -0.335 e. The minimum atomic E-state index is -0.106. The van der Waals surface area contributed by atoms with Crippen molar-refractivity contribution in [2.75, 3.05) is 0 Å². The summed E-state index contributed by atoms with van der Waals surface area (Å²) in [6, 6.07) is 0. The average molecular weight is 282 g/mol. The standard InChI is InChI=1S/C16H14N2OS/c19-14-11-6-8-16(9-13(11)17-15(20)18-14)7-5-10-3-1-2-4-12(10)16/h3-8H,1-2,9H2,(H2,17,18,19,20). The summed E-state index contributed by atoms with van der Waals surface area (Å²) in [5.41, 5.74) is 4.11. The Morgan fingerprint density at radius 3 is 2.80 bits per heavy atom. The third-order valence-corrected chi connectivity index (χ3v) is 4.53. The van der Waals surface area contributed by atoms with Crippen molar-refractivity contribution in [3.05, 3.63) is 67.9 Å². The highest BCUT2D eigenvalue weighted by molar-refractivity contribution is 7.71. The molecule has 4 heteroatoms. The molecule has 0 aromatic carbocycles. The number of aromatic nitrogens is 2. The van der Waals surface area contributed by atoms with Crippen molar-refractivity contribution < 1.29 is 0 Å². The summed E-state index contributed by atoms with van der Waals surface area (Å²) in [6.07, 6.45) is 16.1. The number of hydrogen-bond acceptors (Lipinski definition) is 2. The molecule has 100 valence electrons. The number of rotatable bonds is 0. The van der Waals surface area contributed by atoms with Gasteiger partial charge in [0.1, 0.15) is 0 Å². The fourth-order valence-electron chi connectivity index (χ4n) is 3.38. The Bertz CT molecular complexity index is 835. The maximum atomic E-state index is 11.9. The van der Waals surface area contributed by atoms with Crippen LogP contribution in [0.2, 0.25) is 0 Å². The van der Waals surface area contributed by atoms with E-state index in [0.29, 0.717) is 10.3 Å². The van der Waals surface area contributed by atoms with E-state index in [1.54, 1.807) is 0 Å². The highest BCUT2D eigenvalue weighted by Gasteiger charge is 2.38. The Kier molecular flexibility index (Phi) is 2.39. The van der Waals surface area contributed by atoms with E-state index in [2.05, 4.69) is 40.3 Å². The third kappa shape index (κ3) is 1.58. The number of hydrogen-bond donors (Lipinski definition) is 2. The molecule has 3 aliphatic rings. The zero-order valence-corrected chi connectivity index (χ0v) is 11.7. The van der Waals surface area contributed by atoms with Crippen molar-refractivity contribution in [2.45, 2.75) is 19.3 Å². The molecule has 3 nitrogen and oxygen atoms in total. The number of allylic oxidation sites excluding steroid dienone is 7. The van der Waals surface area contributed by atoms with Gasteiger partial charge in [-0.05, 0) is 36.2 Å². The summed E-state index contributed by atoms with van der Waals surface area (Å²) in [5, 5.41) is 0. The predicted octanol–water partition coefficient (Wildman–Crippen LogP) is 3.20. The van der Waals surface area contributed by atoms with Crippen LogP contribution in [0.4, 0.5) is 0 Å². The van der Waals surface area contributed by atoms with Crippen molar-refractivity contribution in [1.29, 1.82) is 0 Å². The van der Waals surface area contributed by atoms with E-state index in [0.717, 1.165) is 25.0 Å². The lowest BCUT2D eigenvalue weighted by atomic mass is 9.73. The Morgan fingerprint density at radius 1 is 1.10 bits per heavy atom. The van der Waals surface area contributed by atoms with E-state index < -0.39 is 0 Å². The summed E-state index contributed by atoms with van der Waals surface area (Å²) >= 11 is 5.08. The topological polar surface area (TPSA) is 48.6 Å². The van der Waals surface area contributed by atoms with Crippen molar-refractivity contribution in [3.8, 4) is 0 Å². The molecule has 0 fully saturated rings. The van der Waals surface area contributed by atoms with Crippen LogP contribution in [0, 0.1) is 10.2 Å². The Balaban J connectivity index is 1.88. The second-order valence-corrected chi connectivity index (χ2v) is 5.95. The van der Waals surface area contributed by atoms with Gasteiger partial charge in [0.15, 0.2) is 4.77 Å². The molecule has 20 heavy (non-hydrogen) atoms. The highest BCUT2D eigenvalue weighted by Crippen LogP contribution is 2.48. The fourth-order valence-corrected chi connectivity index (χ4v) is 3.60.